The van der Waals surface area contributed by atoms with Crippen molar-refractivity contribution < 1.29 is 17.9 Å². The largest absolute Gasteiger partial charge is 0.437 e. The molecule has 0 fully saturated rings. The molecule has 7 heteroatoms. The van der Waals surface area contributed by atoms with Crippen LogP contribution in [0.2, 0.25) is 0 Å². The lowest BCUT2D eigenvalue weighted by molar-refractivity contribution is -0.137. The molecule has 4 nitrogen and oxygen atoms in total. The summed E-state index contributed by atoms with van der Waals surface area (Å²) in [5, 5.41) is 2.56. The molecule has 1 N–H and O–H groups in total. The molecule has 0 amide bonds. The van der Waals surface area contributed by atoms with E-state index in [4.69, 9.17) is 4.74 Å². The van der Waals surface area contributed by atoms with Crippen LogP contribution in [0.25, 0.3) is 0 Å². The van der Waals surface area contributed by atoms with Crippen LogP contribution in [0.5, 0.6) is 11.6 Å². The molecular weight excluding hydrogens is 259 g/mol. The number of halogens is 3. The Labute approximate surface area is 107 Å². The highest BCUT2D eigenvalue weighted by Crippen LogP contribution is 2.33. The number of nitrogens with zero attached hydrogens (tertiary/aromatic N) is 2. The Bertz CT molecular complexity index is 558. The van der Waals surface area contributed by atoms with Gasteiger partial charge >= 0.3 is 6.18 Å². The third-order valence-corrected chi connectivity index (χ3v) is 2.24. The highest BCUT2D eigenvalue weighted by molar-refractivity contribution is 5.43. The van der Waals surface area contributed by atoms with Gasteiger partial charge in [-0.05, 0) is 18.2 Å². The average molecular weight is 269 g/mol. The van der Waals surface area contributed by atoms with E-state index in [1.807, 2.05) is 0 Å². The molecule has 0 saturated carbocycles. The van der Waals surface area contributed by atoms with Gasteiger partial charge in [0.05, 0.1) is 11.8 Å². The van der Waals surface area contributed by atoms with E-state index in [0.29, 0.717) is 5.75 Å². The summed E-state index contributed by atoms with van der Waals surface area (Å²) in [4.78, 5) is 7.70. The fourth-order valence-electron chi connectivity index (χ4n) is 1.38. The number of nitrogens with one attached hydrogen (secondary N) is 1. The van der Waals surface area contributed by atoms with E-state index in [1.165, 1.54) is 19.4 Å². The van der Waals surface area contributed by atoms with E-state index < -0.39 is 11.7 Å². The normalized spacial score (nSPS) is 11.2. The van der Waals surface area contributed by atoms with E-state index in [9.17, 15) is 13.2 Å². The zero-order valence-electron chi connectivity index (χ0n) is 9.90. The van der Waals surface area contributed by atoms with Gasteiger partial charge in [-0.25, -0.2) is 0 Å². The predicted octanol–water partition coefficient (Wildman–Crippen LogP) is 3.33. The van der Waals surface area contributed by atoms with Crippen molar-refractivity contribution in [3.63, 3.8) is 0 Å². The second-order valence-corrected chi connectivity index (χ2v) is 3.62. The number of anilines is 1. The minimum atomic E-state index is -4.46. The van der Waals surface area contributed by atoms with Gasteiger partial charge in [-0.15, -0.1) is 0 Å². The van der Waals surface area contributed by atoms with Crippen molar-refractivity contribution in [2.75, 3.05) is 12.4 Å². The summed E-state index contributed by atoms with van der Waals surface area (Å²) in [7, 11) is 1.48. The molecule has 0 radical (unpaired) electrons. The second kappa shape index (κ2) is 5.13. The summed E-state index contributed by atoms with van der Waals surface area (Å²) in [5.74, 6) is 0.247. The Kier molecular flexibility index (Phi) is 3.55. The highest BCUT2D eigenvalue weighted by Gasteiger charge is 2.32. The van der Waals surface area contributed by atoms with Crippen LogP contribution in [0.3, 0.4) is 0 Å². The fraction of sp³-hybridized carbons (Fsp3) is 0.167. The molecule has 2 rings (SSSR count). The maximum Gasteiger partial charge on any atom is 0.416 e. The maximum absolute atomic E-state index is 12.7. The van der Waals surface area contributed by atoms with Crippen molar-refractivity contribution in [1.82, 2.24) is 9.97 Å². The van der Waals surface area contributed by atoms with Crippen LogP contribution in [0.1, 0.15) is 5.56 Å². The van der Waals surface area contributed by atoms with Gasteiger partial charge in [0, 0.05) is 19.3 Å². The first kappa shape index (κ1) is 13.1. The Morgan fingerprint density at radius 1 is 1.26 bits per heavy atom. The van der Waals surface area contributed by atoms with Crippen molar-refractivity contribution in [3.05, 3.63) is 42.2 Å². The minimum absolute atomic E-state index is 0.0775. The Balaban J connectivity index is 2.35. The lowest BCUT2D eigenvalue weighted by Crippen LogP contribution is -2.07. The summed E-state index contributed by atoms with van der Waals surface area (Å²) in [5.41, 5.74) is -0.828. The summed E-state index contributed by atoms with van der Waals surface area (Å²) in [6, 6.07) is 4.94. The molecule has 0 saturated heterocycles. The SMILES string of the molecule is CNc1cc(C(F)(F)F)cc(Oc2cccnc2)n1. The third kappa shape index (κ3) is 3.34. The number of ether oxygens (including phenoxy) is 1. The highest BCUT2D eigenvalue weighted by atomic mass is 19.4. The van der Waals surface area contributed by atoms with Crippen molar-refractivity contribution >= 4 is 5.82 Å². The first-order chi connectivity index (χ1) is 8.99. The molecule has 0 spiro atoms. The zero-order valence-corrected chi connectivity index (χ0v) is 9.90. The minimum Gasteiger partial charge on any atom is -0.437 e. The molecule has 0 aromatic carbocycles. The average Bonchev–Trinajstić information content (AvgIpc) is 2.38. The monoisotopic (exact) mass is 269 g/mol. The molecule has 0 aliphatic heterocycles. The molecule has 2 heterocycles. The topological polar surface area (TPSA) is 47.0 Å². The van der Waals surface area contributed by atoms with Gasteiger partial charge in [0.1, 0.15) is 11.6 Å². The van der Waals surface area contributed by atoms with Gasteiger partial charge in [-0.3, -0.25) is 4.98 Å². The fourth-order valence-corrected chi connectivity index (χ4v) is 1.38. The standard InChI is InChI=1S/C12H10F3N3O/c1-16-10-5-8(12(13,14)15)6-11(18-10)19-9-3-2-4-17-7-9/h2-7H,1H3,(H,16,18). The number of rotatable bonds is 3. The zero-order chi connectivity index (χ0) is 13.9. The third-order valence-electron chi connectivity index (χ3n) is 2.24. The molecular formula is C12H10F3N3O. The quantitative estimate of drug-likeness (QED) is 0.928. The van der Waals surface area contributed by atoms with Gasteiger partial charge in [0.25, 0.3) is 0 Å². The molecule has 2 aromatic heterocycles. The van der Waals surface area contributed by atoms with E-state index in [1.54, 1.807) is 12.1 Å². The van der Waals surface area contributed by atoms with Gasteiger partial charge in [-0.2, -0.15) is 18.2 Å². The summed E-state index contributed by atoms with van der Waals surface area (Å²) in [6.07, 6.45) is -1.53. The Morgan fingerprint density at radius 3 is 2.63 bits per heavy atom. The molecule has 19 heavy (non-hydrogen) atoms. The number of aromatic nitrogens is 2. The molecule has 2 aromatic rings. The molecule has 0 bridgehead atoms. The predicted molar refractivity (Wildman–Crippen MR) is 63.1 cm³/mol. The van der Waals surface area contributed by atoms with Crippen molar-refractivity contribution in [3.8, 4) is 11.6 Å². The second-order valence-electron chi connectivity index (χ2n) is 3.62. The van der Waals surface area contributed by atoms with Gasteiger partial charge in [-0.1, -0.05) is 0 Å². The van der Waals surface area contributed by atoms with Crippen LogP contribution < -0.4 is 10.1 Å². The van der Waals surface area contributed by atoms with E-state index in [2.05, 4.69) is 15.3 Å². The number of pyridine rings is 2. The maximum atomic E-state index is 12.7. The molecule has 0 atom stereocenters. The van der Waals surface area contributed by atoms with Crippen LogP contribution in [0.15, 0.2) is 36.7 Å². The van der Waals surface area contributed by atoms with Crippen LogP contribution in [0, 0.1) is 0 Å². The number of alkyl halides is 3. The van der Waals surface area contributed by atoms with Crippen LogP contribution >= 0.6 is 0 Å². The van der Waals surface area contributed by atoms with E-state index in [0.717, 1.165) is 12.1 Å². The van der Waals surface area contributed by atoms with Gasteiger partial charge in [0.15, 0.2) is 0 Å². The van der Waals surface area contributed by atoms with Crippen LogP contribution in [-0.2, 0) is 6.18 Å². The summed E-state index contributed by atoms with van der Waals surface area (Å²) < 4.78 is 43.3. The van der Waals surface area contributed by atoms with Crippen LogP contribution in [0.4, 0.5) is 19.0 Å². The molecule has 0 unspecified atom stereocenters. The number of hydrogen-bond acceptors (Lipinski definition) is 4. The summed E-state index contributed by atoms with van der Waals surface area (Å²) >= 11 is 0. The molecule has 0 aliphatic carbocycles. The van der Waals surface area contributed by atoms with E-state index >= 15 is 0 Å². The van der Waals surface area contributed by atoms with Crippen LogP contribution in [-0.4, -0.2) is 17.0 Å². The van der Waals surface area contributed by atoms with E-state index in [-0.39, 0.29) is 11.7 Å². The Hall–Kier alpha value is -2.31. The van der Waals surface area contributed by atoms with Gasteiger partial charge < -0.3 is 10.1 Å². The first-order valence-electron chi connectivity index (χ1n) is 5.34. The first-order valence-corrected chi connectivity index (χ1v) is 5.34. The lowest BCUT2D eigenvalue weighted by atomic mass is 10.2. The van der Waals surface area contributed by atoms with Crippen molar-refractivity contribution in [2.24, 2.45) is 0 Å². The van der Waals surface area contributed by atoms with Crippen molar-refractivity contribution in [2.45, 2.75) is 6.18 Å². The van der Waals surface area contributed by atoms with Crippen molar-refractivity contribution in [1.29, 1.82) is 0 Å². The van der Waals surface area contributed by atoms with Gasteiger partial charge in [0.2, 0.25) is 5.88 Å². The summed E-state index contributed by atoms with van der Waals surface area (Å²) in [6.45, 7) is 0. The molecule has 0 aliphatic rings. The number of hydrogen-bond donors (Lipinski definition) is 1. The Morgan fingerprint density at radius 2 is 2.05 bits per heavy atom. The smallest absolute Gasteiger partial charge is 0.416 e. The molecule has 100 valence electrons. The lowest BCUT2D eigenvalue weighted by Gasteiger charge is -2.11.